The van der Waals surface area contributed by atoms with Gasteiger partial charge in [-0.3, -0.25) is 9.52 Å². The maximum absolute atomic E-state index is 13.5. The van der Waals surface area contributed by atoms with Gasteiger partial charge in [0.25, 0.3) is 5.91 Å². The average molecular weight is 578 g/mol. The lowest BCUT2D eigenvalue weighted by Gasteiger charge is -2.13. The number of rotatable bonds is 17. The smallest absolute Gasteiger partial charge is 0.255 e. The highest BCUT2D eigenvalue weighted by Gasteiger charge is 2.30. The van der Waals surface area contributed by atoms with E-state index in [0.29, 0.717) is 79.5 Å². The van der Waals surface area contributed by atoms with Crippen LogP contribution in [0.15, 0.2) is 40.8 Å². The third-order valence-corrected chi connectivity index (χ3v) is 7.77. The molecule has 2 aromatic carbocycles. The number of sulfonamides is 1. The largest absolute Gasteiger partial charge is 0.455 e. The first-order valence-corrected chi connectivity index (χ1v) is 15.0. The molecule has 1 aliphatic carbocycles. The van der Waals surface area contributed by atoms with Crippen LogP contribution >= 0.6 is 0 Å². The van der Waals surface area contributed by atoms with Gasteiger partial charge in [-0.2, -0.15) is 0 Å². The first kappa shape index (κ1) is 29.9. The summed E-state index contributed by atoms with van der Waals surface area (Å²) in [6.45, 7) is 2.90. The molecule has 40 heavy (non-hydrogen) atoms. The van der Waals surface area contributed by atoms with E-state index in [1.807, 2.05) is 6.07 Å². The van der Waals surface area contributed by atoms with E-state index in [2.05, 4.69) is 10.0 Å². The lowest BCUT2D eigenvalue weighted by Crippen LogP contribution is -2.19. The monoisotopic (exact) mass is 577 g/mol. The molecule has 12 heteroatoms. The van der Waals surface area contributed by atoms with Crippen molar-refractivity contribution in [1.82, 2.24) is 5.32 Å². The molecule has 1 aromatic heterocycles. The number of furan rings is 1. The van der Waals surface area contributed by atoms with Crippen LogP contribution in [-0.4, -0.2) is 73.3 Å². The molecule has 0 bridgehead atoms. The van der Waals surface area contributed by atoms with Crippen molar-refractivity contribution in [2.75, 3.05) is 63.7 Å². The van der Waals surface area contributed by atoms with Crippen molar-refractivity contribution in [3.63, 3.8) is 0 Å². The molecular weight excluding hydrogens is 541 g/mol. The zero-order valence-corrected chi connectivity index (χ0v) is 23.4. The van der Waals surface area contributed by atoms with Crippen molar-refractivity contribution in [3.8, 4) is 11.3 Å². The Morgan fingerprint density at radius 3 is 2.30 bits per heavy atom. The summed E-state index contributed by atoms with van der Waals surface area (Å²) in [4.78, 5) is 12.9. The fourth-order valence-electron chi connectivity index (χ4n) is 4.33. The first-order chi connectivity index (χ1) is 19.3. The minimum Gasteiger partial charge on any atom is -0.455 e. The summed E-state index contributed by atoms with van der Waals surface area (Å²) in [6.07, 6.45) is 2.16. The molecule has 4 N–H and O–H groups in total. The number of carbonyl (C=O) groups excluding carboxylic acids is 1. The number of nitrogens with one attached hydrogen (secondary N) is 2. The topological polar surface area (TPSA) is 142 Å². The Kier molecular flexibility index (Phi) is 10.5. The van der Waals surface area contributed by atoms with Gasteiger partial charge in [-0.1, -0.05) is 0 Å². The molecule has 0 saturated heterocycles. The van der Waals surface area contributed by atoms with Crippen molar-refractivity contribution in [2.45, 2.75) is 25.2 Å². The van der Waals surface area contributed by atoms with Gasteiger partial charge < -0.3 is 29.7 Å². The predicted octanol–water partition coefficient (Wildman–Crippen LogP) is 3.62. The number of benzene rings is 2. The fourth-order valence-corrected chi connectivity index (χ4v) is 5.44. The summed E-state index contributed by atoms with van der Waals surface area (Å²) in [5.41, 5.74) is 7.81. The molecule has 1 saturated carbocycles. The Morgan fingerprint density at radius 2 is 1.68 bits per heavy atom. The quantitative estimate of drug-likeness (QED) is 0.207. The third kappa shape index (κ3) is 8.01. The van der Waals surface area contributed by atoms with Gasteiger partial charge in [-0.15, -0.1) is 0 Å². The van der Waals surface area contributed by atoms with Crippen LogP contribution in [0, 0.1) is 5.82 Å². The Labute approximate surface area is 233 Å². The van der Waals surface area contributed by atoms with E-state index >= 15 is 0 Å². The average Bonchev–Trinajstić information content (AvgIpc) is 3.71. The van der Waals surface area contributed by atoms with Gasteiger partial charge in [0.2, 0.25) is 10.0 Å². The fraction of sp³-hybridized carbons (Fsp3) is 0.464. The summed E-state index contributed by atoms with van der Waals surface area (Å²) in [5, 5.41) is 3.21. The number of nitrogens with two attached hydrogens (primary N) is 1. The zero-order chi connectivity index (χ0) is 28.5. The molecule has 1 heterocycles. The van der Waals surface area contributed by atoms with Gasteiger partial charge >= 0.3 is 0 Å². The van der Waals surface area contributed by atoms with Gasteiger partial charge in [0.05, 0.1) is 50.0 Å². The number of halogens is 1. The molecule has 1 fully saturated rings. The maximum Gasteiger partial charge on any atom is 0.255 e. The second-order valence-electron chi connectivity index (χ2n) is 9.50. The third-order valence-electron chi connectivity index (χ3n) is 6.41. The van der Waals surface area contributed by atoms with Gasteiger partial charge in [0, 0.05) is 37.2 Å². The van der Waals surface area contributed by atoms with E-state index in [-0.39, 0.29) is 24.2 Å². The molecule has 1 amide bonds. The first-order valence-electron chi connectivity index (χ1n) is 13.3. The molecule has 3 aromatic rings. The van der Waals surface area contributed by atoms with Crippen molar-refractivity contribution in [2.24, 2.45) is 5.73 Å². The minimum atomic E-state index is -3.67. The van der Waals surface area contributed by atoms with Gasteiger partial charge in [0.1, 0.15) is 17.2 Å². The second kappa shape index (κ2) is 14.0. The van der Waals surface area contributed by atoms with Crippen LogP contribution in [0.5, 0.6) is 0 Å². The van der Waals surface area contributed by atoms with Crippen molar-refractivity contribution in [1.29, 1.82) is 0 Å². The number of amides is 1. The van der Waals surface area contributed by atoms with E-state index in [4.69, 9.17) is 24.4 Å². The van der Waals surface area contributed by atoms with E-state index in [1.165, 1.54) is 31.3 Å². The molecule has 10 nitrogen and oxygen atoms in total. The molecule has 218 valence electrons. The molecular formula is C28H36FN3O7S. The minimum absolute atomic E-state index is 0.120. The zero-order valence-electron chi connectivity index (χ0n) is 22.5. The SMILES string of the molecule is CNC(=O)c1c(-c2ccc(F)cc2)oc2cc(NS(=O)(=O)CCCOCCOCCOCCN)c(C3CC3)cc12. The molecule has 0 atom stereocenters. The van der Waals surface area contributed by atoms with E-state index in [9.17, 15) is 17.6 Å². The second-order valence-corrected chi connectivity index (χ2v) is 11.3. The predicted molar refractivity (Wildman–Crippen MR) is 151 cm³/mol. The van der Waals surface area contributed by atoms with Crippen LogP contribution < -0.4 is 15.8 Å². The Bertz CT molecular complexity index is 1390. The Balaban J connectivity index is 1.43. The summed E-state index contributed by atoms with van der Waals surface area (Å²) in [6, 6.07) is 9.12. The standard InChI is InChI=1S/C28H36FN3O7S/c1-31-28(33)26-23-17-22(19-3-4-19)24(18-25(23)39-27(26)20-5-7-21(29)8-6-20)32-40(34,35)16-2-10-36-12-14-38-15-13-37-11-9-30/h5-8,17-19,32H,2-4,9-16,30H2,1H3,(H,31,33). The number of carbonyl (C=O) groups is 1. The van der Waals surface area contributed by atoms with Crippen LogP contribution in [0.4, 0.5) is 10.1 Å². The molecule has 4 rings (SSSR count). The maximum atomic E-state index is 13.5. The highest BCUT2D eigenvalue weighted by atomic mass is 32.2. The molecule has 0 aliphatic heterocycles. The van der Waals surface area contributed by atoms with Gasteiger partial charge in [-0.25, -0.2) is 12.8 Å². The summed E-state index contributed by atoms with van der Waals surface area (Å²) in [7, 11) is -2.15. The Hall–Kier alpha value is -3.03. The summed E-state index contributed by atoms with van der Waals surface area (Å²) < 4.78 is 64.2. The highest BCUT2D eigenvalue weighted by Crippen LogP contribution is 2.46. The van der Waals surface area contributed by atoms with Gasteiger partial charge in [0.15, 0.2) is 0 Å². The van der Waals surface area contributed by atoms with E-state index in [1.54, 1.807) is 6.07 Å². The van der Waals surface area contributed by atoms with Crippen LogP contribution in [0.2, 0.25) is 0 Å². The van der Waals surface area contributed by atoms with Crippen LogP contribution in [-0.2, 0) is 24.2 Å². The van der Waals surface area contributed by atoms with Gasteiger partial charge in [-0.05, 0) is 61.1 Å². The molecule has 0 radical (unpaired) electrons. The normalized spacial score (nSPS) is 13.6. The van der Waals surface area contributed by atoms with E-state index in [0.717, 1.165) is 18.4 Å². The van der Waals surface area contributed by atoms with Crippen molar-refractivity contribution >= 4 is 32.6 Å². The molecule has 0 unspecified atom stereocenters. The highest BCUT2D eigenvalue weighted by molar-refractivity contribution is 7.92. The Morgan fingerprint density at radius 1 is 1.02 bits per heavy atom. The lowest BCUT2D eigenvalue weighted by molar-refractivity contribution is 0.0162. The van der Waals surface area contributed by atoms with Crippen molar-refractivity contribution < 1.29 is 36.2 Å². The van der Waals surface area contributed by atoms with Crippen LogP contribution in [0.25, 0.3) is 22.3 Å². The number of anilines is 1. The van der Waals surface area contributed by atoms with Crippen molar-refractivity contribution in [3.05, 3.63) is 53.3 Å². The number of fused-ring (bicyclic) bond motifs is 1. The molecule has 0 spiro atoms. The van der Waals surface area contributed by atoms with Crippen LogP contribution in [0.1, 0.15) is 41.1 Å². The lowest BCUT2D eigenvalue weighted by atomic mass is 10.0. The summed E-state index contributed by atoms with van der Waals surface area (Å²) >= 11 is 0. The summed E-state index contributed by atoms with van der Waals surface area (Å²) in [5.74, 6) is -0.394. The number of hydrogen-bond donors (Lipinski definition) is 3. The van der Waals surface area contributed by atoms with Crippen LogP contribution in [0.3, 0.4) is 0 Å². The van der Waals surface area contributed by atoms with E-state index < -0.39 is 15.8 Å². The molecule has 1 aliphatic rings. The number of hydrogen-bond acceptors (Lipinski definition) is 8. The number of ether oxygens (including phenoxy) is 3.